The monoisotopic (exact) mass is 242 g/mol. The molecule has 1 N–H and O–H groups in total. The van der Waals surface area contributed by atoms with Gasteiger partial charge in [0.05, 0.1) is 6.61 Å². The first-order valence-electron chi connectivity index (χ1n) is 7.31. The molecule has 1 aliphatic rings. The van der Waals surface area contributed by atoms with Crippen LogP contribution in [0.3, 0.4) is 0 Å². The van der Waals surface area contributed by atoms with Crippen molar-refractivity contribution in [2.45, 2.75) is 52.0 Å². The Morgan fingerprint density at radius 1 is 1.18 bits per heavy atom. The summed E-state index contributed by atoms with van der Waals surface area (Å²) in [5.74, 6) is 0. The molecule has 0 aromatic carbocycles. The van der Waals surface area contributed by atoms with Gasteiger partial charge in [0.1, 0.15) is 0 Å². The number of ether oxygens (including phenoxy) is 1. The zero-order chi connectivity index (χ0) is 12.6. The van der Waals surface area contributed by atoms with E-state index in [1.807, 2.05) is 0 Å². The standard InChI is InChI=1S/C14H30N2O/c1-4-11-17-12-10-16-9-7-8-15-14(5-2,6-3)13-16/h15H,4-13H2,1-3H3. The average Bonchev–Trinajstić information content (AvgIpc) is 2.58. The van der Waals surface area contributed by atoms with Gasteiger partial charge in [-0.1, -0.05) is 20.8 Å². The van der Waals surface area contributed by atoms with Crippen molar-refractivity contribution in [2.24, 2.45) is 0 Å². The molecule has 17 heavy (non-hydrogen) atoms. The summed E-state index contributed by atoms with van der Waals surface area (Å²) < 4.78 is 5.60. The fraction of sp³-hybridized carbons (Fsp3) is 1.00. The third-order valence-corrected chi connectivity index (χ3v) is 3.93. The summed E-state index contributed by atoms with van der Waals surface area (Å²) in [5.41, 5.74) is 0.335. The van der Waals surface area contributed by atoms with Crippen molar-refractivity contribution in [1.82, 2.24) is 10.2 Å². The molecule has 1 aliphatic heterocycles. The summed E-state index contributed by atoms with van der Waals surface area (Å²) in [5, 5.41) is 3.74. The Hall–Kier alpha value is -0.120. The number of nitrogens with one attached hydrogen (secondary N) is 1. The molecule has 0 aliphatic carbocycles. The van der Waals surface area contributed by atoms with Crippen LogP contribution in [0.2, 0.25) is 0 Å². The molecule has 1 rings (SSSR count). The molecule has 0 amide bonds. The molecule has 0 saturated carbocycles. The van der Waals surface area contributed by atoms with Crippen LogP contribution < -0.4 is 5.32 Å². The minimum Gasteiger partial charge on any atom is -0.380 e. The lowest BCUT2D eigenvalue weighted by Gasteiger charge is -2.35. The van der Waals surface area contributed by atoms with E-state index >= 15 is 0 Å². The van der Waals surface area contributed by atoms with Gasteiger partial charge >= 0.3 is 0 Å². The summed E-state index contributed by atoms with van der Waals surface area (Å²) in [7, 11) is 0. The Morgan fingerprint density at radius 2 is 1.94 bits per heavy atom. The van der Waals surface area contributed by atoms with Crippen LogP contribution in [-0.4, -0.2) is 49.8 Å². The Bertz CT molecular complexity index is 193. The normalized spacial score (nSPS) is 21.4. The van der Waals surface area contributed by atoms with Crippen molar-refractivity contribution >= 4 is 0 Å². The second-order valence-electron chi connectivity index (χ2n) is 5.16. The Morgan fingerprint density at radius 3 is 2.59 bits per heavy atom. The van der Waals surface area contributed by atoms with Crippen LogP contribution in [0.25, 0.3) is 0 Å². The maximum absolute atomic E-state index is 5.60. The van der Waals surface area contributed by atoms with Crippen molar-refractivity contribution in [3.8, 4) is 0 Å². The van der Waals surface area contributed by atoms with Crippen LogP contribution in [0.15, 0.2) is 0 Å². The summed E-state index contributed by atoms with van der Waals surface area (Å²) in [6, 6.07) is 0. The predicted molar refractivity (Wildman–Crippen MR) is 73.5 cm³/mol. The van der Waals surface area contributed by atoms with Gasteiger partial charge in [-0.15, -0.1) is 0 Å². The topological polar surface area (TPSA) is 24.5 Å². The molecule has 0 aromatic rings. The predicted octanol–water partition coefficient (Wildman–Crippen LogP) is 2.27. The Balaban J connectivity index is 2.37. The van der Waals surface area contributed by atoms with Gasteiger partial charge in [-0.05, 0) is 38.8 Å². The molecule has 0 unspecified atom stereocenters. The lowest BCUT2D eigenvalue weighted by atomic mass is 9.92. The summed E-state index contributed by atoms with van der Waals surface area (Å²) in [4.78, 5) is 2.57. The molecule has 102 valence electrons. The zero-order valence-corrected chi connectivity index (χ0v) is 11.9. The average molecular weight is 242 g/mol. The van der Waals surface area contributed by atoms with Gasteiger partial charge in [0.25, 0.3) is 0 Å². The summed E-state index contributed by atoms with van der Waals surface area (Å²) >= 11 is 0. The number of nitrogens with zero attached hydrogens (tertiary/aromatic N) is 1. The first-order valence-corrected chi connectivity index (χ1v) is 7.31. The Kier molecular flexibility index (Phi) is 7.09. The van der Waals surface area contributed by atoms with Crippen LogP contribution in [0.1, 0.15) is 46.5 Å². The third-order valence-electron chi connectivity index (χ3n) is 3.93. The third kappa shape index (κ3) is 4.94. The van der Waals surface area contributed by atoms with Crippen molar-refractivity contribution in [1.29, 1.82) is 0 Å². The van der Waals surface area contributed by atoms with E-state index in [1.165, 1.54) is 32.4 Å². The molecule has 1 heterocycles. The highest BCUT2D eigenvalue weighted by Crippen LogP contribution is 2.19. The molecule has 0 spiro atoms. The van der Waals surface area contributed by atoms with Crippen LogP contribution in [0.5, 0.6) is 0 Å². The van der Waals surface area contributed by atoms with Gasteiger partial charge in [-0.2, -0.15) is 0 Å². The first-order chi connectivity index (χ1) is 8.26. The van der Waals surface area contributed by atoms with Gasteiger partial charge in [0.15, 0.2) is 0 Å². The van der Waals surface area contributed by atoms with Crippen molar-refractivity contribution < 1.29 is 4.74 Å². The highest BCUT2D eigenvalue weighted by molar-refractivity contribution is 4.90. The maximum Gasteiger partial charge on any atom is 0.0593 e. The molecular formula is C14H30N2O. The fourth-order valence-electron chi connectivity index (χ4n) is 2.57. The minimum atomic E-state index is 0.335. The van der Waals surface area contributed by atoms with E-state index in [1.54, 1.807) is 0 Å². The second kappa shape index (κ2) is 8.06. The summed E-state index contributed by atoms with van der Waals surface area (Å²) in [6.07, 6.45) is 4.82. The van der Waals surface area contributed by atoms with Crippen LogP contribution in [0, 0.1) is 0 Å². The van der Waals surface area contributed by atoms with E-state index in [9.17, 15) is 0 Å². The molecule has 0 atom stereocenters. The van der Waals surface area contributed by atoms with E-state index in [0.29, 0.717) is 5.54 Å². The Labute approximate surface area is 107 Å². The second-order valence-corrected chi connectivity index (χ2v) is 5.16. The van der Waals surface area contributed by atoms with Crippen molar-refractivity contribution in [3.63, 3.8) is 0 Å². The van der Waals surface area contributed by atoms with Crippen LogP contribution in [0.4, 0.5) is 0 Å². The van der Waals surface area contributed by atoms with Crippen molar-refractivity contribution in [3.05, 3.63) is 0 Å². The molecule has 0 aromatic heterocycles. The van der Waals surface area contributed by atoms with E-state index in [0.717, 1.165) is 32.7 Å². The molecule has 3 nitrogen and oxygen atoms in total. The van der Waals surface area contributed by atoms with Gasteiger partial charge in [-0.3, -0.25) is 4.90 Å². The minimum absolute atomic E-state index is 0.335. The number of hydrogen-bond acceptors (Lipinski definition) is 3. The smallest absolute Gasteiger partial charge is 0.0593 e. The van der Waals surface area contributed by atoms with Crippen LogP contribution >= 0.6 is 0 Å². The van der Waals surface area contributed by atoms with E-state index < -0.39 is 0 Å². The number of rotatable bonds is 7. The largest absolute Gasteiger partial charge is 0.380 e. The molecule has 0 radical (unpaired) electrons. The molecule has 1 saturated heterocycles. The molecular weight excluding hydrogens is 212 g/mol. The number of hydrogen-bond donors (Lipinski definition) is 1. The van der Waals surface area contributed by atoms with Gasteiger partial charge in [-0.25, -0.2) is 0 Å². The van der Waals surface area contributed by atoms with Gasteiger partial charge in [0, 0.05) is 25.2 Å². The lowest BCUT2D eigenvalue weighted by Crippen LogP contribution is -2.51. The SMILES string of the molecule is CCCOCCN1CCCNC(CC)(CC)C1. The first kappa shape index (κ1) is 14.9. The van der Waals surface area contributed by atoms with E-state index in [2.05, 4.69) is 31.0 Å². The maximum atomic E-state index is 5.60. The lowest BCUT2D eigenvalue weighted by molar-refractivity contribution is 0.0947. The van der Waals surface area contributed by atoms with E-state index in [4.69, 9.17) is 4.74 Å². The fourth-order valence-corrected chi connectivity index (χ4v) is 2.57. The zero-order valence-electron chi connectivity index (χ0n) is 11.9. The van der Waals surface area contributed by atoms with Gasteiger partial charge < -0.3 is 10.1 Å². The van der Waals surface area contributed by atoms with Crippen LogP contribution in [-0.2, 0) is 4.74 Å². The highest BCUT2D eigenvalue weighted by atomic mass is 16.5. The quantitative estimate of drug-likeness (QED) is 0.693. The highest BCUT2D eigenvalue weighted by Gasteiger charge is 2.29. The molecule has 0 bridgehead atoms. The molecule has 3 heteroatoms. The van der Waals surface area contributed by atoms with E-state index in [-0.39, 0.29) is 0 Å². The van der Waals surface area contributed by atoms with Crippen molar-refractivity contribution in [2.75, 3.05) is 39.4 Å². The molecule has 1 fully saturated rings. The summed E-state index contributed by atoms with van der Waals surface area (Å²) in [6.45, 7) is 13.2. The van der Waals surface area contributed by atoms with Gasteiger partial charge in [0.2, 0.25) is 0 Å².